The molecule has 0 saturated carbocycles. The fourth-order valence-corrected chi connectivity index (χ4v) is 3.63. The van der Waals surface area contributed by atoms with Crippen LogP contribution in [0.15, 0.2) is 29.3 Å². The molecule has 1 saturated heterocycles. The highest BCUT2D eigenvalue weighted by Crippen LogP contribution is 2.16. The van der Waals surface area contributed by atoms with E-state index in [1.165, 1.54) is 5.56 Å². The SMILES string of the molecule is CC1CSC(NC(=O)c2ccc(CN3CCN(C)CC3)cc2)=N1. The Bertz CT molecular complexity index is 579. The van der Waals surface area contributed by atoms with Crippen LogP contribution in [-0.2, 0) is 6.54 Å². The van der Waals surface area contributed by atoms with Crippen molar-refractivity contribution in [2.75, 3.05) is 39.0 Å². The summed E-state index contributed by atoms with van der Waals surface area (Å²) in [7, 11) is 2.17. The molecule has 0 aliphatic carbocycles. The first kappa shape index (κ1) is 16.5. The first-order valence-corrected chi connectivity index (χ1v) is 9.10. The Morgan fingerprint density at radius 1 is 1.26 bits per heavy atom. The number of likely N-dealkylation sites (N-methyl/N-ethyl adjacent to an activating group) is 1. The molecule has 5 nitrogen and oxygen atoms in total. The molecule has 124 valence electrons. The Morgan fingerprint density at radius 3 is 2.57 bits per heavy atom. The van der Waals surface area contributed by atoms with E-state index >= 15 is 0 Å². The van der Waals surface area contributed by atoms with Crippen molar-refractivity contribution >= 4 is 22.8 Å². The van der Waals surface area contributed by atoms with E-state index in [2.05, 4.69) is 46.2 Å². The van der Waals surface area contributed by atoms with Gasteiger partial charge in [0.05, 0.1) is 6.04 Å². The van der Waals surface area contributed by atoms with Crippen LogP contribution >= 0.6 is 11.8 Å². The summed E-state index contributed by atoms with van der Waals surface area (Å²) >= 11 is 1.61. The highest BCUT2D eigenvalue weighted by molar-refractivity contribution is 8.14. The third-order valence-electron chi connectivity index (χ3n) is 4.24. The maximum absolute atomic E-state index is 12.2. The van der Waals surface area contributed by atoms with Crippen molar-refractivity contribution in [3.63, 3.8) is 0 Å². The minimum absolute atomic E-state index is 0.0727. The summed E-state index contributed by atoms with van der Waals surface area (Å²) in [6.07, 6.45) is 0. The van der Waals surface area contributed by atoms with E-state index in [-0.39, 0.29) is 5.91 Å². The van der Waals surface area contributed by atoms with Crippen molar-refractivity contribution in [2.24, 2.45) is 4.99 Å². The van der Waals surface area contributed by atoms with Crippen LogP contribution in [-0.4, -0.2) is 65.9 Å². The number of benzene rings is 1. The lowest BCUT2D eigenvalue weighted by atomic mass is 10.1. The molecule has 1 aromatic carbocycles. The lowest BCUT2D eigenvalue weighted by molar-refractivity contribution is 0.0978. The summed E-state index contributed by atoms with van der Waals surface area (Å²) in [4.78, 5) is 21.4. The second-order valence-corrected chi connectivity index (χ2v) is 7.33. The molecule has 2 aliphatic rings. The largest absolute Gasteiger partial charge is 0.304 e. The third kappa shape index (κ3) is 4.56. The molecule has 0 radical (unpaired) electrons. The molecule has 23 heavy (non-hydrogen) atoms. The van der Waals surface area contributed by atoms with Crippen LogP contribution in [0.4, 0.5) is 0 Å². The van der Waals surface area contributed by atoms with Crippen molar-refractivity contribution in [1.82, 2.24) is 15.1 Å². The lowest BCUT2D eigenvalue weighted by Crippen LogP contribution is -2.43. The van der Waals surface area contributed by atoms with Crippen molar-refractivity contribution in [3.8, 4) is 0 Å². The van der Waals surface area contributed by atoms with Gasteiger partial charge in [0.2, 0.25) is 0 Å². The first-order chi connectivity index (χ1) is 11.1. The Kier molecular flexibility index (Phi) is 5.35. The van der Waals surface area contributed by atoms with Gasteiger partial charge < -0.3 is 10.2 Å². The third-order valence-corrected chi connectivity index (χ3v) is 5.37. The average Bonchev–Trinajstić information content (AvgIpc) is 2.95. The van der Waals surface area contributed by atoms with Gasteiger partial charge in [-0.2, -0.15) is 0 Å². The van der Waals surface area contributed by atoms with Gasteiger partial charge in [0, 0.05) is 44.0 Å². The molecule has 1 atom stereocenters. The van der Waals surface area contributed by atoms with Gasteiger partial charge in [-0.25, -0.2) is 0 Å². The molecule has 1 amide bonds. The monoisotopic (exact) mass is 332 g/mol. The number of amidine groups is 1. The van der Waals surface area contributed by atoms with Gasteiger partial charge in [0.25, 0.3) is 5.91 Å². The number of carbonyl (C=O) groups is 1. The number of amides is 1. The predicted molar refractivity (Wildman–Crippen MR) is 96.0 cm³/mol. The number of hydrogen-bond acceptors (Lipinski definition) is 5. The van der Waals surface area contributed by atoms with Gasteiger partial charge >= 0.3 is 0 Å². The molecule has 2 heterocycles. The van der Waals surface area contributed by atoms with E-state index in [0.29, 0.717) is 11.6 Å². The quantitative estimate of drug-likeness (QED) is 0.914. The molecular weight excluding hydrogens is 308 g/mol. The van der Waals surface area contributed by atoms with Crippen molar-refractivity contribution in [3.05, 3.63) is 35.4 Å². The molecule has 3 rings (SSSR count). The number of nitrogens with zero attached hydrogens (tertiary/aromatic N) is 3. The Balaban J connectivity index is 1.54. The summed E-state index contributed by atoms with van der Waals surface area (Å²) in [5.74, 6) is 0.871. The fraction of sp³-hybridized carbons (Fsp3) is 0.529. The van der Waals surface area contributed by atoms with Gasteiger partial charge in [-0.05, 0) is 31.7 Å². The number of rotatable bonds is 3. The summed E-state index contributed by atoms with van der Waals surface area (Å²) < 4.78 is 0. The number of carbonyl (C=O) groups excluding carboxylic acids is 1. The number of aliphatic imine (C=N–C) groups is 1. The highest BCUT2D eigenvalue weighted by atomic mass is 32.2. The van der Waals surface area contributed by atoms with Gasteiger partial charge in [0.15, 0.2) is 5.17 Å². The molecule has 6 heteroatoms. The summed E-state index contributed by atoms with van der Waals surface area (Å²) in [6, 6.07) is 8.22. The molecule has 1 N–H and O–H groups in total. The van der Waals surface area contributed by atoms with E-state index in [1.807, 2.05) is 12.1 Å². The van der Waals surface area contributed by atoms with Crippen LogP contribution in [0, 0.1) is 0 Å². The molecule has 0 bridgehead atoms. The van der Waals surface area contributed by atoms with Gasteiger partial charge in [-0.3, -0.25) is 14.7 Å². The second-order valence-electron chi connectivity index (χ2n) is 6.32. The standard InChI is InChI=1S/C17H24N4OS/c1-13-12-23-17(18-13)19-16(22)15-5-3-14(4-6-15)11-21-9-7-20(2)8-10-21/h3-6,13H,7-12H2,1-2H3,(H,18,19,22). The van der Waals surface area contributed by atoms with E-state index in [1.54, 1.807) is 11.8 Å². The van der Waals surface area contributed by atoms with Crippen LogP contribution in [0.25, 0.3) is 0 Å². The smallest absolute Gasteiger partial charge is 0.257 e. The molecular formula is C17H24N4OS. The van der Waals surface area contributed by atoms with Crippen LogP contribution in [0.3, 0.4) is 0 Å². The fourth-order valence-electron chi connectivity index (χ4n) is 2.74. The van der Waals surface area contributed by atoms with Crippen LogP contribution in [0.2, 0.25) is 0 Å². The van der Waals surface area contributed by atoms with Gasteiger partial charge in [-0.15, -0.1) is 0 Å². The Morgan fingerprint density at radius 2 is 1.96 bits per heavy atom. The topological polar surface area (TPSA) is 47.9 Å². The molecule has 0 aromatic heterocycles. The van der Waals surface area contributed by atoms with Gasteiger partial charge in [0.1, 0.15) is 0 Å². The maximum Gasteiger partial charge on any atom is 0.257 e. The van der Waals surface area contributed by atoms with E-state index in [0.717, 1.165) is 43.6 Å². The van der Waals surface area contributed by atoms with E-state index < -0.39 is 0 Å². The van der Waals surface area contributed by atoms with Crippen molar-refractivity contribution in [2.45, 2.75) is 19.5 Å². The number of nitrogens with one attached hydrogen (secondary N) is 1. The van der Waals surface area contributed by atoms with Crippen molar-refractivity contribution < 1.29 is 4.79 Å². The van der Waals surface area contributed by atoms with E-state index in [4.69, 9.17) is 0 Å². The van der Waals surface area contributed by atoms with Gasteiger partial charge in [-0.1, -0.05) is 23.9 Å². The normalized spacial score (nSPS) is 22.9. The van der Waals surface area contributed by atoms with Crippen LogP contribution < -0.4 is 5.32 Å². The minimum Gasteiger partial charge on any atom is -0.304 e. The molecule has 1 unspecified atom stereocenters. The zero-order valence-electron chi connectivity index (χ0n) is 13.8. The zero-order chi connectivity index (χ0) is 16.2. The summed E-state index contributed by atoms with van der Waals surface area (Å²) in [5.41, 5.74) is 1.95. The average molecular weight is 332 g/mol. The molecule has 0 spiro atoms. The minimum atomic E-state index is -0.0727. The first-order valence-electron chi connectivity index (χ1n) is 8.12. The molecule has 1 aromatic rings. The second kappa shape index (κ2) is 7.47. The molecule has 1 fully saturated rings. The summed E-state index contributed by atoms with van der Waals surface area (Å²) in [6.45, 7) is 7.47. The number of thioether (sulfide) groups is 1. The Labute approximate surface area is 142 Å². The summed E-state index contributed by atoms with van der Waals surface area (Å²) in [5, 5.41) is 3.63. The molecule has 2 aliphatic heterocycles. The van der Waals surface area contributed by atoms with E-state index in [9.17, 15) is 4.79 Å². The Hall–Kier alpha value is -1.37. The number of hydrogen-bond donors (Lipinski definition) is 1. The number of piperazine rings is 1. The zero-order valence-corrected chi connectivity index (χ0v) is 14.6. The predicted octanol–water partition coefficient (Wildman–Crippen LogP) is 1.66. The lowest BCUT2D eigenvalue weighted by Gasteiger charge is -2.32. The maximum atomic E-state index is 12.2. The van der Waals surface area contributed by atoms with Crippen LogP contribution in [0.1, 0.15) is 22.8 Å². The van der Waals surface area contributed by atoms with Crippen LogP contribution in [0.5, 0.6) is 0 Å². The highest BCUT2D eigenvalue weighted by Gasteiger charge is 2.17. The van der Waals surface area contributed by atoms with Crippen molar-refractivity contribution in [1.29, 1.82) is 0 Å².